The minimum Gasteiger partial charge on any atom is -0.507 e. The predicted octanol–water partition coefficient (Wildman–Crippen LogP) is 5.60. The first-order valence-corrected chi connectivity index (χ1v) is 13.2. The summed E-state index contributed by atoms with van der Waals surface area (Å²) < 4.78 is 11.8. The van der Waals surface area contributed by atoms with Crippen LogP contribution >= 0.6 is 0 Å². The van der Waals surface area contributed by atoms with Crippen molar-refractivity contribution in [3.8, 4) is 11.5 Å². The van der Waals surface area contributed by atoms with Crippen LogP contribution in [0, 0.1) is 0 Å². The molecule has 2 aliphatic heterocycles. The average Bonchev–Trinajstić information content (AvgIpc) is 3.42. The molecule has 7 heteroatoms. The number of aliphatic hydroxyl groups excluding tert-OH is 1. The van der Waals surface area contributed by atoms with Crippen LogP contribution in [0.15, 0.2) is 72.6 Å². The first-order chi connectivity index (χ1) is 18.5. The first-order valence-electron chi connectivity index (χ1n) is 13.2. The Morgan fingerprint density at radius 3 is 2.79 bits per heavy atom. The maximum absolute atomic E-state index is 13.4. The average molecular weight is 513 g/mol. The number of nitrogens with zero attached hydrogens (tertiary/aromatic N) is 2. The fourth-order valence-electron chi connectivity index (χ4n) is 5.12. The molecule has 1 fully saturated rings. The number of benzene rings is 2. The van der Waals surface area contributed by atoms with Crippen LogP contribution in [0.2, 0.25) is 0 Å². The summed E-state index contributed by atoms with van der Waals surface area (Å²) in [6.45, 7) is 4.89. The lowest BCUT2D eigenvalue weighted by Crippen LogP contribution is -2.29. The van der Waals surface area contributed by atoms with Gasteiger partial charge in [0.25, 0.3) is 11.7 Å². The Morgan fingerprint density at radius 1 is 1.13 bits per heavy atom. The van der Waals surface area contributed by atoms with Crippen molar-refractivity contribution in [1.29, 1.82) is 0 Å². The number of hydrogen-bond donors (Lipinski definition) is 1. The lowest BCUT2D eigenvalue weighted by Gasteiger charge is -2.25. The van der Waals surface area contributed by atoms with E-state index in [4.69, 9.17) is 9.47 Å². The van der Waals surface area contributed by atoms with E-state index in [2.05, 4.69) is 11.9 Å². The van der Waals surface area contributed by atoms with Crippen LogP contribution in [0.3, 0.4) is 0 Å². The summed E-state index contributed by atoms with van der Waals surface area (Å²) in [4.78, 5) is 32.5. The smallest absolute Gasteiger partial charge is 0.295 e. The highest BCUT2D eigenvalue weighted by atomic mass is 16.5. The van der Waals surface area contributed by atoms with Crippen molar-refractivity contribution in [1.82, 2.24) is 9.88 Å². The molecule has 0 unspecified atom stereocenters. The highest BCUT2D eigenvalue weighted by molar-refractivity contribution is 6.46. The standard InChI is InChI=1S/C31H32N2O5/c1-3-4-5-14-37-25-10-6-9-22(17-25)28-27(29(34)23-11-12-26-24(16-23)15-20(2)38-26)30(35)31(36)33(28)19-21-8-7-13-32-18-21/h6-13,16-18,20,28,34H,3-5,14-15,19H2,1-2H3/b29-27+/t20-,28-/m1/s1. The highest BCUT2D eigenvalue weighted by Gasteiger charge is 2.46. The van der Waals surface area contributed by atoms with Gasteiger partial charge in [-0.3, -0.25) is 14.6 Å². The summed E-state index contributed by atoms with van der Waals surface area (Å²) in [5.41, 5.74) is 2.99. The number of hydrogen-bond acceptors (Lipinski definition) is 6. The molecule has 5 rings (SSSR count). The lowest BCUT2D eigenvalue weighted by atomic mass is 9.94. The van der Waals surface area contributed by atoms with Crippen LogP contribution in [0.25, 0.3) is 5.76 Å². The number of pyridine rings is 1. The van der Waals surface area contributed by atoms with Gasteiger partial charge in [-0.2, -0.15) is 0 Å². The van der Waals surface area contributed by atoms with E-state index < -0.39 is 17.7 Å². The van der Waals surface area contributed by atoms with Crippen LogP contribution in [0.1, 0.15) is 61.4 Å². The molecule has 0 spiro atoms. The van der Waals surface area contributed by atoms with Gasteiger partial charge in [0.2, 0.25) is 0 Å². The SMILES string of the molecule is CCCCCOc1cccc([C@@H]2/C(=C(\O)c3ccc4c(c3)C[C@@H](C)O4)C(=O)C(=O)N2Cc2cccnc2)c1. The van der Waals surface area contributed by atoms with Crippen molar-refractivity contribution < 1.29 is 24.2 Å². The van der Waals surface area contributed by atoms with Gasteiger partial charge in [0.1, 0.15) is 23.4 Å². The van der Waals surface area contributed by atoms with Gasteiger partial charge in [-0.1, -0.05) is 38.0 Å². The second kappa shape index (κ2) is 11.1. The van der Waals surface area contributed by atoms with Crippen molar-refractivity contribution in [2.24, 2.45) is 0 Å². The number of aliphatic hydroxyl groups is 1. The number of aromatic nitrogens is 1. The van der Waals surface area contributed by atoms with E-state index in [1.54, 1.807) is 30.6 Å². The van der Waals surface area contributed by atoms with Crippen molar-refractivity contribution in [3.05, 3.63) is 94.8 Å². The minimum absolute atomic E-state index is 0.0486. The highest BCUT2D eigenvalue weighted by Crippen LogP contribution is 2.42. The normalized spacial score (nSPS) is 19.9. The molecule has 1 saturated heterocycles. The number of unbranched alkanes of at least 4 members (excludes halogenated alkanes) is 2. The number of fused-ring (bicyclic) bond motifs is 1. The van der Waals surface area contributed by atoms with Gasteiger partial charge in [-0.15, -0.1) is 0 Å². The van der Waals surface area contributed by atoms with Crippen LogP contribution in [0.5, 0.6) is 11.5 Å². The van der Waals surface area contributed by atoms with E-state index in [0.29, 0.717) is 29.9 Å². The number of carbonyl (C=O) groups excluding carboxylic acids is 2. The van der Waals surface area contributed by atoms with Crippen molar-refractivity contribution in [2.75, 3.05) is 6.61 Å². The third kappa shape index (κ3) is 5.14. The molecular formula is C31H32N2O5. The van der Waals surface area contributed by atoms with E-state index in [1.165, 1.54) is 4.90 Å². The zero-order valence-corrected chi connectivity index (χ0v) is 21.7. The molecule has 2 atom stereocenters. The molecule has 7 nitrogen and oxygen atoms in total. The molecule has 3 aromatic rings. The van der Waals surface area contributed by atoms with Crippen molar-refractivity contribution in [3.63, 3.8) is 0 Å². The summed E-state index contributed by atoms with van der Waals surface area (Å²) in [5.74, 6) is -0.132. The summed E-state index contributed by atoms with van der Waals surface area (Å²) >= 11 is 0. The Balaban J connectivity index is 1.56. The van der Waals surface area contributed by atoms with E-state index in [9.17, 15) is 14.7 Å². The molecule has 2 aliphatic rings. The molecule has 0 radical (unpaired) electrons. The number of rotatable bonds is 9. The number of ether oxygens (including phenoxy) is 2. The largest absolute Gasteiger partial charge is 0.507 e. The Kier molecular flexibility index (Phi) is 7.45. The molecule has 1 amide bonds. The zero-order valence-electron chi connectivity index (χ0n) is 21.7. The lowest BCUT2D eigenvalue weighted by molar-refractivity contribution is -0.140. The molecule has 0 bridgehead atoms. The first kappa shape index (κ1) is 25.5. The van der Waals surface area contributed by atoms with Crippen LogP contribution in [-0.2, 0) is 22.6 Å². The van der Waals surface area contributed by atoms with Gasteiger partial charge in [0.05, 0.1) is 18.2 Å². The summed E-state index contributed by atoms with van der Waals surface area (Å²) in [5, 5.41) is 11.5. The van der Waals surface area contributed by atoms with Gasteiger partial charge in [0, 0.05) is 30.9 Å². The van der Waals surface area contributed by atoms with Crippen LogP contribution < -0.4 is 9.47 Å². The third-order valence-electron chi connectivity index (χ3n) is 6.98. The van der Waals surface area contributed by atoms with E-state index in [0.717, 1.165) is 36.1 Å². The van der Waals surface area contributed by atoms with E-state index >= 15 is 0 Å². The summed E-state index contributed by atoms with van der Waals surface area (Å²) in [7, 11) is 0. The fraction of sp³-hybridized carbons (Fsp3) is 0.323. The molecule has 1 N–H and O–H groups in total. The molecule has 0 aliphatic carbocycles. The molecule has 3 heterocycles. The quantitative estimate of drug-likeness (QED) is 0.174. The van der Waals surface area contributed by atoms with Gasteiger partial charge in [-0.05, 0) is 66.4 Å². The monoisotopic (exact) mass is 512 g/mol. The number of ketones is 1. The Hall–Kier alpha value is -4.13. The molecule has 0 saturated carbocycles. The van der Waals surface area contributed by atoms with Crippen molar-refractivity contribution >= 4 is 17.4 Å². The van der Waals surface area contributed by atoms with Crippen molar-refractivity contribution in [2.45, 2.75) is 58.2 Å². The van der Waals surface area contributed by atoms with E-state index in [1.807, 2.05) is 43.3 Å². The maximum atomic E-state index is 13.4. The van der Waals surface area contributed by atoms with Gasteiger partial charge in [0.15, 0.2) is 0 Å². The Morgan fingerprint density at radius 2 is 2.00 bits per heavy atom. The predicted molar refractivity (Wildman–Crippen MR) is 144 cm³/mol. The van der Waals surface area contributed by atoms with Gasteiger partial charge >= 0.3 is 0 Å². The number of Topliss-reactive ketones (excluding diaryl/α,β-unsaturated/α-hetero) is 1. The number of carbonyl (C=O) groups is 2. The second-order valence-corrected chi connectivity index (χ2v) is 9.87. The zero-order chi connectivity index (χ0) is 26.6. The number of likely N-dealkylation sites (tertiary alicyclic amines) is 1. The minimum atomic E-state index is -0.780. The topological polar surface area (TPSA) is 89.0 Å². The van der Waals surface area contributed by atoms with Crippen LogP contribution in [0.4, 0.5) is 0 Å². The maximum Gasteiger partial charge on any atom is 0.295 e. The van der Waals surface area contributed by atoms with Crippen LogP contribution in [-0.4, -0.2) is 39.4 Å². The van der Waals surface area contributed by atoms with E-state index in [-0.39, 0.29) is 24.0 Å². The molecule has 196 valence electrons. The number of amides is 1. The molecule has 38 heavy (non-hydrogen) atoms. The Bertz CT molecular complexity index is 1370. The van der Waals surface area contributed by atoms with Gasteiger partial charge in [-0.25, -0.2) is 0 Å². The molecular weight excluding hydrogens is 480 g/mol. The van der Waals surface area contributed by atoms with Gasteiger partial charge < -0.3 is 19.5 Å². The fourth-order valence-corrected chi connectivity index (χ4v) is 5.12. The summed E-state index contributed by atoms with van der Waals surface area (Å²) in [6, 6.07) is 15.7. The molecule has 2 aromatic carbocycles. The third-order valence-corrected chi connectivity index (χ3v) is 6.98. The Labute approximate surface area is 222 Å². The summed E-state index contributed by atoms with van der Waals surface area (Å²) in [6.07, 6.45) is 7.22. The second-order valence-electron chi connectivity index (χ2n) is 9.87. The molecule has 1 aromatic heterocycles.